The van der Waals surface area contributed by atoms with Crippen LogP contribution in [0.15, 0.2) is 24.3 Å². The zero-order valence-corrected chi connectivity index (χ0v) is 14.9. The van der Waals surface area contributed by atoms with Crippen molar-refractivity contribution in [3.63, 3.8) is 0 Å². The predicted octanol–water partition coefficient (Wildman–Crippen LogP) is 0.929. The quantitative estimate of drug-likeness (QED) is 0.703. The molecular weight excluding hydrogens is 338 g/mol. The van der Waals surface area contributed by atoms with Crippen LogP contribution in [0.5, 0.6) is 0 Å². The fraction of sp³-hybridized carbons (Fsp3) is 0.444. The van der Waals surface area contributed by atoms with Gasteiger partial charge in [-0.15, -0.1) is 0 Å². The average molecular weight is 361 g/mol. The van der Waals surface area contributed by atoms with E-state index in [0.717, 1.165) is 6.42 Å². The van der Waals surface area contributed by atoms with Gasteiger partial charge >= 0.3 is 5.97 Å². The minimum atomic E-state index is -0.552. The summed E-state index contributed by atoms with van der Waals surface area (Å²) in [5, 5.41) is 5.19. The fourth-order valence-corrected chi connectivity index (χ4v) is 2.84. The third-order valence-corrected chi connectivity index (χ3v) is 4.19. The first kappa shape index (κ1) is 19.4. The van der Waals surface area contributed by atoms with E-state index in [4.69, 9.17) is 0 Å². The van der Waals surface area contributed by atoms with Crippen LogP contribution in [-0.4, -0.2) is 54.8 Å². The van der Waals surface area contributed by atoms with Crippen molar-refractivity contribution in [3.05, 3.63) is 29.8 Å². The Morgan fingerprint density at radius 2 is 2.08 bits per heavy atom. The zero-order chi connectivity index (χ0) is 19.1. The molecule has 1 aromatic carbocycles. The van der Waals surface area contributed by atoms with Crippen LogP contribution >= 0.6 is 0 Å². The van der Waals surface area contributed by atoms with Gasteiger partial charge in [0.25, 0.3) is 5.91 Å². The smallest absolute Gasteiger partial charge is 0.325 e. The molecule has 1 saturated heterocycles. The maximum atomic E-state index is 12.5. The molecule has 1 aliphatic heterocycles. The molecule has 0 unspecified atom stereocenters. The Kier molecular flexibility index (Phi) is 6.71. The molecule has 8 nitrogen and oxygen atoms in total. The lowest BCUT2D eigenvalue weighted by Crippen LogP contribution is -2.44. The normalized spacial score (nSPS) is 14.7. The topological polar surface area (TPSA) is 105 Å². The maximum absolute atomic E-state index is 12.5. The number of carbonyl (C=O) groups excluding carboxylic acids is 4. The molecule has 1 aromatic rings. The summed E-state index contributed by atoms with van der Waals surface area (Å²) in [4.78, 5) is 49.2. The first-order chi connectivity index (χ1) is 12.5. The Bertz CT molecular complexity index is 704. The molecular formula is C18H23N3O5. The first-order valence-corrected chi connectivity index (χ1v) is 8.51. The molecule has 0 aliphatic carbocycles. The molecule has 2 N–H and O–H groups in total. The Labute approximate surface area is 151 Å². The van der Waals surface area contributed by atoms with E-state index in [1.807, 2.05) is 6.92 Å². The van der Waals surface area contributed by atoms with E-state index in [2.05, 4.69) is 15.4 Å². The number of amides is 3. The highest BCUT2D eigenvalue weighted by Gasteiger charge is 2.31. The number of esters is 1. The highest BCUT2D eigenvalue weighted by molar-refractivity contribution is 6.00. The summed E-state index contributed by atoms with van der Waals surface area (Å²) in [5.74, 6) is -1.30. The number of nitrogens with one attached hydrogen (secondary N) is 2. The predicted molar refractivity (Wildman–Crippen MR) is 94.4 cm³/mol. The van der Waals surface area contributed by atoms with Gasteiger partial charge in [0.1, 0.15) is 12.6 Å². The van der Waals surface area contributed by atoms with Gasteiger partial charge in [0.15, 0.2) is 0 Å². The van der Waals surface area contributed by atoms with Gasteiger partial charge in [-0.3, -0.25) is 19.2 Å². The van der Waals surface area contributed by atoms with Gasteiger partial charge in [0, 0.05) is 24.2 Å². The molecule has 1 aliphatic rings. The van der Waals surface area contributed by atoms with E-state index in [-0.39, 0.29) is 18.4 Å². The van der Waals surface area contributed by atoms with E-state index in [9.17, 15) is 19.2 Å². The zero-order valence-electron chi connectivity index (χ0n) is 14.9. The van der Waals surface area contributed by atoms with Gasteiger partial charge < -0.3 is 20.3 Å². The van der Waals surface area contributed by atoms with Gasteiger partial charge in [-0.1, -0.05) is 13.0 Å². The second kappa shape index (κ2) is 8.98. The third kappa shape index (κ3) is 4.81. The molecule has 26 heavy (non-hydrogen) atoms. The van der Waals surface area contributed by atoms with E-state index in [0.29, 0.717) is 30.6 Å². The second-order valence-corrected chi connectivity index (χ2v) is 5.94. The summed E-state index contributed by atoms with van der Waals surface area (Å²) in [7, 11) is 1.24. The monoisotopic (exact) mass is 361 g/mol. The van der Waals surface area contributed by atoms with Crippen molar-refractivity contribution in [2.45, 2.75) is 32.2 Å². The number of rotatable bonds is 7. The second-order valence-electron chi connectivity index (χ2n) is 5.94. The van der Waals surface area contributed by atoms with Crippen LogP contribution in [0.3, 0.4) is 0 Å². The van der Waals surface area contributed by atoms with Crippen molar-refractivity contribution >= 4 is 29.4 Å². The number of nitrogens with zero attached hydrogens (tertiary/aromatic N) is 1. The number of methoxy groups -OCH3 is 1. The third-order valence-electron chi connectivity index (χ3n) is 4.19. The maximum Gasteiger partial charge on any atom is 0.325 e. The molecule has 0 spiro atoms. The standard InChI is InChI=1S/C18H23N3O5/c1-3-14(21-9-5-8-15(21)22)18(25)20-13-7-4-6-12(10-13)17(24)19-11-16(23)26-2/h4,6-7,10,14H,3,5,8-9,11H2,1-2H3,(H,19,24)(H,20,25)/t14-/m1/s1. The number of hydrogen-bond donors (Lipinski definition) is 2. The van der Waals surface area contributed by atoms with Crippen LogP contribution in [0.1, 0.15) is 36.5 Å². The molecule has 1 atom stereocenters. The molecule has 0 bridgehead atoms. The molecule has 140 valence electrons. The van der Waals surface area contributed by atoms with Gasteiger partial charge in [-0.2, -0.15) is 0 Å². The van der Waals surface area contributed by atoms with Crippen molar-refractivity contribution in [1.29, 1.82) is 0 Å². The highest BCUT2D eigenvalue weighted by atomic mass is 16.5. The molecule has 0 saturated carbocycles. The SMILES string of the molecule is CC[C@H](C(=O)Nc1cccc(C(=O)NCC(=O)OC)c1)N1CCCC1=O. The first-order valence-electron chi connectivity index (χ1n) is 8.51. The Morgan fingerprint density at radius 3 is 2.69 bits per heavy atom. The van der Waals surface area contributed by atoms with E-state index < -0.39 is 17.9 Å². The Hall–Kier alpha value is -2.90. The summed E-state index contributed by atoms with van der Waals surface area (Å²) in [6.07, 6.45) is 1.75. The van der Waals surface area contributed by atoms with Crippen LogP contribution in [0.4, 0.5) is 5.69 Å². The van der Waals surface area contributed by atoms with Gasteiger partial charge in [-0.05, 0) is 31.0 Å². The summed E-state index contributed by atoms with van der Waals surface area (Å²) in [6.45, 7) is 2.20. The number of anilines is 1. The number of benzene rings is 1. The van der Waals surface area contributed by atoms with Crippen LogP contribution < -0.4 is 10.6 Å². The van der Waals surface area contributed by atoms with Gasteiger partial charge in [0.05, 0.1) is 7.11 Å². The number of likely N-dealkylation sites (tertiary alicyclic amines) is 1. The van der Waals surface area contributed by atoms with Crippen molar-refractivity contribution in [3.8, 4) is 0 Å². The average Bonchev–Trinajstić information content (AvgIpc) is 3.06. The minimum Gasteiger partial charge on any atom is -0.468 e. The van der Waals surface area contributed by atoms with Crippen LogP contribution in [0.25, 0.3) is 0 Å². The summed E-state index contributed by atoms with van der Waals surface area (Å²) in [6, 6.07) is 5.85. The lowest BCUT2D eigenvalue weighted by Gasteiger charge is -2.25. The van der Waals surface area contributed by atoms with Gasteiger partial charge in [-0.25, -0.2) is 0 Å². The summed E-state index contributed by atoms with van der Waals surface area (Å²) in [5.41, 5.74) is 0.753. The Balaban J connectivity index is 2.02. The van der Waals surface area contributed by atoms with E-state index in [1.54, 1.807) is 23.1 Å². The number of hydrogen-bond acceptors (Lipinski definition) is 5. The van der Waals surface area contributed by atoms with Crippen molar-refractivity contribution in [2.24, 2.45) is 0 Å². The molecule has 8 heteroatoms. The summed E-state index contributed by atoms with van der Waals surface area (Å²) >= 11 is 0. The van der Waals surface area contributed by atoms with Crippen molar-refractivity contribution in [1.82, 2.24) is 10.2 Å². The van der Waals surface area contributed by atoms with E-state index >= 15 is 0 Å². The number of ether oxygens (including phenoxy) is 1. The lowest BCUT2D eigenvalue weighted by molar-refractivity contribution is -0.139. The highest BCUT2D eigenvalue weighted by Crippen LogP contribution is 2.18. The largest absolute Gasteiger partial charge is 0.468 e. The molecule has 1 heterocycles. The van der Waals surface area contributed by atoms with Gasteiger partial charge in [0.2, 0.25) is 11.8 Å². The molecule has 3 amide bonds. The van der Waals surface area contributed by atoms with Crippen LogP contribution in [0, 0.1) is 0 Å². The minimum absolute atomic E-state index is 0.0112. The molecule has 0 aromatic heterocycles. The lowest BCUT2D eigenvalue weighted by atomic mass is 10.1. The fourth-order valence-electron chi connectivity index (χ4n) is 2.84. The Morgan fingerprint density at radius 1 is 1.31 bits per heavy atom. The van der Waals surface area contributed by atoms with Crippen molar-refractivity contribution in [2.75, 3.05) is 25.5 Å². The van der Waals surface area contributed by atoms with Crippen molar-refractivity contribution < 1.29 is 23.9 Å². The molecule has 1 fully saturated rings. The van der Waals surface area contributed by atoms with Crippen LogP contribution in [0.2, 0.25) is 0 Å². The van der Waals surface area contributed by atoms with Crippen LogP contribution in [-0.2, 0) is 19.1 Å². The molecule has 0 radical (unpaired) electrons. The molecule has 2 rings (SSSR count). The summed E-state index contributed by atoms with van der Waals surface area (Å²) < 4.78 is 4.47. The number of carbonyl (C=O) groups is 4. The van der Waals surface area contributed by atoms with E-state index in [1.165, 1.54) is 13.2 Å².